The number of halogens is 1. The van der Waals surface area contributed by atoms with E-state index in [9.17, 15) is 12.8 Å². The Balaban J connectivity index is 1.75. The zero-order valence-electron chi connectivity index (χ0n) is 11.4. The van der Waals surface area contributed by atoms with Gasteiger partial charge in [0.15, 0.2) is 0 Å². The maximum Gasteiger partial charge on any atom is 0.252 e. The first kappa shape index (κ1) is 14.7. The lowest BCUT2D eigenvalue weighted by Gasteiger charge is -2.21. The Kier molecular flexibility index (Phi) is 4.10. The molecule has 2 aromatic rings. The SMILES string of the molecule is O=S(=O)(c1cccs1)N(CCc1ccc(F)cc1)C1CC1. The molecule has 1 fully saturated rings. The fourth-order valence-corrected chi connectivity index (χ4v) is 5.08. The van der Waals surface area contributed by atoms with Crippen molar-refractivity contribution >= 4 is 21.4 Å². The molecule has 0 spiro atoms. The highest BCUT2D eigenvalue weighted by atomic mass is 32.2. The monoisotopic (exact) mass is 325 g/mol. The summed E-state index contributed by atoms with van der Waals surface area (Å²) in [4.78, 5) is 0. The van der Waals surface area contributed by atoms with Crippen LogP contribution in [0.25, 0.3) is 0 Å². The molecule has 0 N–H and O–H groups in total. The quantitative estimate of drug-likeness (QED) is 0.817. The van der Waals surface area contributed by atoms with Gasteiger partial charge in [-0.3, -0.25) is 0 Å². The molecule has 3 rings (SSSR count). The largest absolute Gasteiger partial charge is 0.252 e. The van der Waals surface area contributed by atoms with Gasteiger partial charge in [0.05, 0.1) is 0 Å². The number of sulfonamides is 1. The Labute approximate surface area is 128 Å². The lowest BCUT2D eigenvalue weighted by atomic mass is 10.1. The first-order valence-electron chi connectivity index (χ1n) is 6.87. The Morgan fingerprint density at radius 1 is 1.19 bits per heavy atom. The molecule has 0 unspecified atom stereocenters. The van der Waals surface area contributed by atoms with Crippen LogP contribution in [0, 0.1) is 5.82 Å². The van der Waals surface area contributed by atoms with Crippen molar-refractivity contribution in [2.75, 3.05) is 6.54 Å². The topological polar surface area (TPSA) is 37.4 Å². The molecular formula is C15H16FNO2S2. The van der Waals surface area contributed by atoms with E-state index < -0.39 is 10.0 Å². The van der Waals surface area contributed by atoms with Crippen LogP contribution in [0.5, 0.6) is 0 Å². The third-order valence-corrected chi connectivity index (χ3v) is 6.87. The smallest absolute Gasteiger partial charge is 0.207 e. The van der Waals surface area contributed by atoms with Crippen molar-refractivity contribution in [3.05, 3.63) is 53.2 Å². The van der Waals surface area contributed by atoms with E-state index in [1.54, 1.807) is 34.0 Å². The van der Waals surface area contributed by atoms with E-state index in [0.29, 0.717) is 17.2 Å². The summed E-state index contributed by atoms with van der Waals surface area (Å²) in [5.74, 6) is -0.274. The Morgan fingerprint density at radius 2 is 1.90 bits per heavy atom. The van der Waals surface area contributed by atoms with Crippen LogP contribution < -0.4 is 0 Å². The number of hydrogen-bond donors (Lipinski definition) is 0. The minimum Gasteiger partial charge on any atom is -0.207 e. The maximum absolute atomic E-state index is 12.9. The molecule has 21 heavy (non-hydrogen) atoms. The van der Waals surface area contributed by atoms with Gasteiger partial charge < -0.3 is 0 Å². The third kappa shape index (κ3) is 3.33. The molecule has 0 atom stereocenters. The summed E-state index contributed by atoms with van der Waals surface area (Å²) in [6.45, 7) is 0.441. The summed E-state index contributed by atoms with van der Waals surface area (Å²) in [7, 11) is -3.40. The van der Waals surface area contributed by atoms with Gasteiger partial charge in [-0.2, -0.15) is 4.31 Å². The molecule has 0 aliphatic heterocycles. The van der Waals surface area contributed by atoms with Crippen molar-refractivity contribution in [2.45, 2.75) is 29.5 Å². The predicted octanol–water partition coefficient (Wildman–Crippen LogP) is 3.28. The molecule has 1 heterocycles. The zero-order valence-corrected chi connectivity index (χ0v) is 13.0. The van der Waals surface area contributed by atoms with Crippen LogP contribution in [0.15, 0.2) is 46.0 Å². The highest BCUT2D eigenvalue weighted by molar-refractivity contribution is 7.91. The van der Waals surface area contributed by atoms with Gasteiger partial charge in [0.25, 0.3) is 10.0 Å². The van der Waals surface area contributed by atoms with E-state index in [2.05, 4.69) is 0 Å². The van der Waals surface area contributed by atoms with Crippen LogP contribution >= 0.6 is 11.3 Å². The molecule has 0 amide bonds. The van der Waals surface area contributed by atoms with Crippen LogP contribution in [0.4, 0.5) is 4.39 Å². The molecular weight excluding hydrogens is 309 g/mol. The van der Waals surface area contributed by atoms with Gasteiger partial charge in [-0.05, 0) is 48.4 Å². The first-order valence-corrected chi connectivity index (χ1v) is 9.19. The molecule has 1 aromatic carbocycles. The van der Waals surface area contributed by atoms with Crippen LogP contribution in [0.3, 0.4) is 0 Å². The van der Waals surface area contributed by atoms with E-state index in [0.717, 1.165) is 18.4 Å². The number of nitrogens with zero attached hydrogens (tertiary/aromatic N) is 1. The summed E-state index contributed by atoms with van der Waals surface area (Å²) < 4.78 is 40.1. The minimum absolute atomic E-state index is 0.123. The van der Waals surface area contributed by atoms with Crippen LogP contribution in [-0.4, -0.2) is 25.3 Å². The second kappa shape index (κ2) is 5.87. The fraction of sp³-hybridized carbons (Fsp3) is 0.333. The first-order chi connectivity index (χ1) is 10.1. The van der Waals surface area contributed by atoms with Gasteiger partial charge in [-0.15, -0.1) is 11.3 Å². The summed E-state index contributed by atoms with van der Waals surface area (Å²) in [5, 5.41) is 1.78. The maximum atomic E-state index is 12.9. The van der Waals surface area contributed by atoms with Crippen LogP contribution in [-0.2, 0) is 16.4 Å². The van der Waals surface area contributed by atoms with Crippen molar-refractivity contribution in [1.29, 1.82) is 0 Å². The van der Waals surface area contributed by atoms with Crippen LogP contribution in [0.1, 0.15) is 18.4 Å². The molecule has 3 nitrogen and oxygen atoms in total. The molecule has 0 bridgehead atoms. The lowest BCUT2D eigenvalue weighted by Crippen LogP contribution is -2.34. The van der Waals surface area contributed by atoms with Crippen LogP contribution in [0.2, 0.25) is 0 Å². The van der Waals surface area contributed by atoms with E-state index in [-0.39, 0.29) is 11.9 Å². The van der Waals surface area contributed by atoms with Gasteiger partial charge in [0, 0.05) is 12.6 Å². The number of benzene rings is 1. The molecule has 1 saturated carbocycles. The van der Waals surface area contributed by atoms with Crippen molar-refractivity contribution in [1.82, 2.24) is 4.31 Å². The van der Waals surface area contributed by atoms with E-state index in [1.165, 1.54) is 23.5 Å². The summed E-state index contributed by atoms with van der Waals surface area (Å²) >= 11 is 1.25. The normalized spacial score (nSPS) is 15.5. The van der Waals surface area contributed by atoms with E-state index in [4.69, 9.17) is 0 Å². The molecule has 6 heteroatoms. The average Bonchev–Trinajstić information content (AvgIpc) is 3.13. The van der Waals surface area contributed by atoms with E-state index in [1.807, 2.05) is 0 Å². The molecule has 1 aliphatic carbocycles. The molecule has 1 aliphatic rings. The lowest BCUT2D eigenvalue weighted by molar-refractivity contribution is 0.408. The molecule has 0 radical (unpaired) electrons. The fourth-order valence-electron chi connectivity index (χ4n) is 2.28. The highest BCUT2D eigenvalue weighted by Gasteiger charge is 2.38. The Hall–Kier alpha value is -1.24. The minimum atomic E-state index is -3.40. The standard InChI is InChI=1S/C15H16FNO2S2/c16-13-5-3-12(4-6-13)9-10-17(14-7-8-14)21(18,19)15-2-1-11-20-15/h1-6,11,14H,7-10H2. The van der Waals surface area contributed by atoms with Gasteiger partial charge in [-0.1, -0.05) is 18.2 Å². The van der Waals surface area contributed by atoms with Crippen molar-refractivity contribution in [3.63, 3.8) is 0 Å². The van der Waals surface area contributed by atoms with Gasteiger partial charge in [-0.25, -0.2) is 12.8 Å². The van der Waals surface area contributed by atoms with Crippen molar-refractivity contribution in [3.8, 4) is 0 Å². The van der Waals surface area contributed by atoms with Gasteiger partial charge >= 0.3 is 0 Å². The van der Waals surface area contributed by atoms with Gasteiger partial charge in [0.1, 0.15) is 10.0 Å². The van der Waals surface area contributed by atoms with Crippen molar-refractivity contribution in [2.24, 2.45) is 0 Å². The van der Waals surface area contributed by atoms with Crippen molar-refractivity contribution < 1.29 is 12.8 Å². The van der Waals surface area contributed by atoms with E-state index >= 15 is 0 Å². The molecule has 1 aromatic heterocycles. The predicted molar refractivity (Wildman–Crippen MR) is 81.3 cm³/mol. The summed E-state index contributed by atoms with van der Waals surface area (Å²) in [5.41, 5.74) is 0.948. The highest BCUT2D eigenvalue weighted by Crippen LogP contribution is 2.33. The Bertz CT molecular complexity index is 692. The third-order valence-electron chi connectivity index (χ3n) is 3.55. The number of thiophene rings is 1. The van der Waals surface area contributed by atoms with Gasteiger partial charge in [0.2, 0.25) is 0 Å². The number of rotatable bonds is 6. The Morgan fingerprint density at radius 3 is 2.48 bits per heavy atom. The number of hydrogen-bond acceptors (Lipinski definition) is 3. The summed E-state index contributed by atoms with van der Waals surface area (Å²) in [6.07, 6.45) is 2.45. The zero-order chi connectivity index (χ0) is 14.9. The second-order valence-electron chi connectivity index (χ2n) is 5.16. The second-order valence-corrected chi connectivity index (χ2v) is 8.22. The molecule has 112 valence electrons. The summed E-state index contributed by atoms with van der Waals surface area (Å²) in [6, 6.07) is 9.75. The molecule has 0 saturated heterocycles. The average molecular weight is 325 g/mol.